The fraction of sp³-hybridized carbons (Fsp3) is 0.133. The molecule has 0 saturated carbocycles. The van der Waals surface area contributed by atoms with Crippen LogP contribution in [-0.4, -0.2) is 14.7 Å². The van der Waals surface area contributed by atoms with Gasteiger partial charge < -0.3 is 9.09 Å². The Balaban J connectivity index is 1.74. The zero-order valence-corrected chi connectivity index (χ0v) is 12.2. The maximum Gasteiger partial charge on any atom is 0.274 e. The Morgan fingerprint density at radius 1 is 1.33 bits per heavy atom. The van der Waals surface area contributed by atoms with Gasteiger partial charge in [-0.15, -0.1) is 11.8 Å². The Hall–Kier alpha value is -2.52. The van der Waals surface area contributed by atoms with Crippen LogP contribution in [0.2, 0.25) is 0 Å². The lowest BCUT2D eigenvalue weighted by Crippen LogP contribution is -1.89. The molecule has 0 aliphatic heterocycles. The highest BCUT2D eigenvalue weighted by atomic mass is 32.2. The molecule has 0 radical (unpaired) electrons. The van der Waals surface area contributed by atoms with Gasteiger partial charge in [0.05, 0.1) is 11.3 Å². The molecule has 2 heterocycles. The smallest absolute Gasteiger partial charge is 0.274 e. The van der Waals surface area contributed by atoms with Crippen molar-refractivity contribution in [3.05, 3.63) is 54.0 Å². The Morgan fingerprint density at radius 3 is 2.86 bits per heavy atom. The fourth-order valence-electron chi connectivity index (χ4n) is 1.92. The molecule has 0 bridgehead atoms. The molecule has 0 saturated heterocycles. The molecule has 0 aliphatic rings. The van der Waals surface area contributed by atoms with Gasteiger partial charge in [-0.1, -0.05) is 23.4 Å². The quantitative estimate of drug-likeness (QED) is 0.691. The largest absolute Gasteiger partial charge is 0.345 e. The lowest BCUT2D eigenvalue weighted by molar-refractivity contribution is 0.422. The van der Waals surface area contributed by atoms with Crippen LogP contribution in [-0.2, 0) is 12.8 Å². The molecular weight excluding hydrogens is 284 g/mol. The van der Waals surface area contributed by atoms with E-state index in [4.69, 9.17) is 9.78 Å². The maximum absolute atomic E-state index is 8.90. The molecule has 0 atom stereocenters. The minimum Gasteiger partial charge on any atom is -0.345 e. The van der Waals surface area contributed by atoms with Crippen LogP contribution < -0.4 is 0 Å². The zero-order valence-electron chi connectivity index (χ0n) is 11.4. The van der Waals surface area contributed by atoms with Crippen molar-refractivity contribution < 1.29 is 4.52 Å². The van der Waals surface area contributed by atoms with E-state index in [2.05, 4.69) is 16.2 Å². The van der Waals surface area contributed by atoms with E-state index >= 15 is 0 Å². The van der Waals surface area contributed by atoms with Crippen molar-refractivity contribution in [2.45, 2.75) is 10.6 Å². The fourth-order valence-corrected chi connectivity index (χ4v) is 2.68. The summed E-state index contributed by atoms with van der Waals surface area (Å²) in [7, 11) is 1.85. The van der Waals surface area contributed by atoms with Gasteiger partial charge in [0.2, 0.25) is 0 Å². The van der Waals surface area contributed by atoms with E-state index in [0.29, 0.717) is 23.0 Å². The lowest BCUT2D eigenvalue weighted by Gasteiger charge is -1.96. The molecule has 3 rings (SSSR count). The Morgan fingerprint density at radius 2 is 2.14 bits per heavy atom. The van der Waals surface area contributed by atoms with Crippen LogP contribution in [0, 0.1) is 11.3 Å². The minimum atomic E-state index is 0.433. The number of nitriles is 1. The normalized spacial score (nSPS) is 10.5. The third kappa shape index (κ3) is 2.98. The summed E-state index contributed by atoms with van der Waals surface area (Å²) in [6.45, 7) is 0. The van der Waals surface area contributed by atoms with E-state index in [1.165, 1.54) is 0 Å². The monoisotopic (exact) mass is 296 g/mol. The van der Waals surface area contributed by atoms with Gasteiger partial charge in [-0.2, -0.15) is 10.2 Å². The molecule has 2 aromatic heterocycles. The summed E-state index contributed by atoms with van der Waals surface area (Å²) < 4.78 is 7.08. The van der Waals surface area contributed by atoms with Gasteiger partial charge in [-0.3, -0.25) is 0 Å². The average Bonchev–Trinajstić information content (AvgIpc) is 3.12. The second-order valence-electron chi connectivity index (χ2n) is 4.45. The highest BCUT2D eigenvalue weighted by Gasteiger charge is 2.13. The molecule has 104 valence electrons. The zero-order chi connectivity index (χ0) is 14.7. The first-order valence-electron chi connectivity index (χ1n) is 6.33. The number of hydrogen-bond donors (Lipinski definition) is 0. The van der Waals surface area contributed by atoms with E-state index in [-0.39, 0.29) is 0 Å². The Kier molecular flexibility index (Phi) is 3.75. The molecular formula is C15H12N4OS. The molecule has 0 amide bonds. The number of aromatic nitrogens is 3. The average molecular weight is 296 g/mol. The molecule has 0 aliphatic carbocycles. The molecule has 0 N–H and O–H groups in total. The summed E-state index contributed by atoms with van der Waals surface area (Å²) in [5.41, 5.74) is 1.32. The van der Waals surface area contributed by atoms with E-state index in [0.717, 1.165) is 10.6 Å². The number of thioether (sulfide) groups is 1. The van der Waals surface area contributed by atoms with Crippen LogP contribution in [0.5, 0.6) is 0 Å². The SMILES string of the molecule is Cn1cc(C#N)cc1-c1nc(CSc2ccccc2)no1. The third-order valence-electron chi connectivity index (χ3n) is 2.93. The van der Waals surface area contributed by atoms with Gasteiger partial charge in [-0.05, 0) is 18.2 Å². The first kappa shape index (κ1) is 13.5. The number of nitrogens with zero attached hydrogens (tertiary/aromatic N) is 4. The molecule has 5 nitrogen and oxygen atoms in total. The lowest BCUT2D eigenvalue weighted by atomic mass is 10.3. The van der Waals surface area contributed by atoms with E-state index in [1.54, 1.807) is 28.6 Å². The molecule has 3 aromatic rings. The third-order valence-corrected chi connectivity index (χ3v) is 3.94. The van der Waals surface area contributed by atoms with Crippen molar-refractivity contribution in [3.63, 3.8) is 0 Å². The number of hydrogen-bond acceptors (Lipinski definition) is 5. The summed E-state index contributed by atoms with van der Waals surface area (Å²) in [5.74, 6) is 1.71. The van der Waals surface area contributed by atoms with Crippen LogP contribution in [0.4, 0.5) is 0 Å². The van der Waals surface area contributed by atoms with Gasteiger partial charge in [0.1, 0.15) is 11.8 Å². The standard InChI is InChI=1S/C15H12N4OS/c1-19-9-11(8-16)7-13(19)15-17-14(18-20-15)10-21-12-5-3-2-4-6-12/h2-7,9H,10H2,1H3. The second kappa shape index (κ2) is 5.85. The highest BCUT2D eigenvalue weighted by molar-refractivity contribution is 7.98. The maximum atomic E-state index is 8.90. The van der Waals surface area contributed by atoms with Gasteiger partial charge in [0.15, 0.2) is 5.82 Å². The van der Waals surface area contributed by atoms with Crippen molar-refractivity contribution in [3.8, 4) is 17.7 Å². The summed E-state index contributed by atoms with van der Waals surface area (Å²) in [6.07, 6.45) is 1.73. The topological polar surface area (TPSA) is 67.6 Å². The van der Waals surface area contributed by atoms with Crippen LogP contribution in [0.15, 0.2) is 52.0 Å². The molecule has 0 spiro atoms. The van der Waals surface area contributed by atoms with Crippen LogP contribution >= 0.6 is 11.8 Å². The van der Waals surface area contributed by atoms with Gasteiger partial charge >= 0.3 is 0 Å². The van der Waals surface area contributed by atoms with Gasteiger partial charge in [0, 0.05) is 18.1 Å². The Labute approximate surface area is 126 Å². The minimum absolute atomic E-state index is 0.433. The van der Waals surface area contributed by atoms with Crippen LogP contribution in [0.3, 0.4) is 0 Å². The van der Waals surface area contributed by atoms with Crippen LogP contribution in [0.25, 0.3) is 11.6 Å². The van der Waals surface area contributed by atoms with E-state index in [1.807, 2.05) is 37.4 Å². The predicted molar refractivity (Wildman–Crippen MR) is 79.4 cm³/mol. The van der Waals surface area contributed by atoms with Crippen molar-refractivity contribution in [1.82, 2.24) is 14.7 Å². The van der Waals surface area contributed by atoms with Crippen molar-refractivity contribution in [1.29, 1.82) is 5.26 Å². The Bertz CT molecular complexity index is 786. The first-order valence-corrected chi connectivity index (χ1v) is 7.32. The molecule has 0 fully saturated rings. The molecule has 6 heteroatoms. The van der Waals surface area contributed by atoms with Crippen molar-refractivity contribution in [2.75, 3.05) is 0 Å². The molecule has 0 unspecified atom stereocenters. The van der Waals surface area contributed by atoms with Crippen molar-refractivity contribution >= 4 is 11.8 Å². The predicted octanol–water partition coefficient (Wildman–Crippen LogP) is 3.24. The number of benzene rings is 1. The second-order valence-corrected chi connectivity index (χ2v) is 5.50. The summed E-state index contributed by atoms with van der Waals surface area (Å²) >= 11 is 1.65. The first-order chi connectivity index (χ1) is 10.3. The van der Waals surface area contributed by atoms with Gasteiger partial charge in [-0.25, -0.2) is 0 Å². The summed E-state index contributed by atoms with van der Waals surface area (Å²) in [4.78, 5) is 5.54. The number of rotatable bonds is 4. The summed E-state index contributed by atoms with van der Waals surface area (Å²) in [6, 6.07) is 13.9. The number of aryl methyl sites for hydroxylation is 1. The van der Waals surface area contributed by atoms with Crippen LogP contribution in [0.1, 0.15) is 11.4 Å². The van der Waals surface area contributed by atoms with Gasteiger partial charge in [0.25, 0.3) is 5.89 Å². The van der Waals surface area contributed by atoms with Crippen molar-refractivity contribution in [2.24, 2.45) is 7.05 Å². The summed E-state index contributed by atoms with van der Waals surface area (Å²) in [5, 5.41) is 12.9. The molecule has 1 aromatic carbocycles. The molecule has 21 heavy (non-hydrogen) atoms. The highest BCUT2D eigenvalue weighted by Crippen LogP contribution is 2.24. The van der Waals surface area contributed by atoms with E-state index < -0.39 is 0 Å². The van der Waals surface area contributed by atoms with E-state index in [9.17, 15) is 0 Å².